The van der Waals surface area contributed by atoms with Crippen LogP contribution in [0.1, 0.15) is 39.0 Å². The van der Waals surface area contributed by atoms with Crippen molar-refractivity contribution in [1.82, 2.24) is 5.32 Å². The van der Waals surface area contributed by atoms with E-state index in [4.69, 9.17) is 9.47 Å². The number of rotatable bonds is 7. The van der Waals surface area contributed by atoms with Crippen LogP contribution in [0.4, 0.5) is 0 Å². The molecule has 0 aromatic heterocycles. The van der Waals surface area contributed by atoms with Gasteiger partial charge in [-0.15, -0.1) is 0 Å². The van der Waals surface area contributed by atoms with E-state index in [1.165, 1.54) is 38.6 Å². The zero-order chi connectivity index (χ0) is 11.2. The second-order valence-corrected chi connectivity index (χ2v) is 5.07. The third-order valence-corrected chi connectivity index (χ3v) is 3.77. The summed E-state index contributed by atoms with van der Waals surface area (Å²) in [6.45, 7) is 5.93. The van der Waals surface area contributed by atoms with Crippen molar-refractivity contribution in [3.05, 3.63) is 0 Å². The molecule has 1 saturated heterocycles. The standard InChI is InChI=1S/C13H25NO2/c1-2-7-14-13-5-3-4-11(13)6-8-16-12-9-15-10-12/h11-14H,2-10H2,1H3. The van der Waals surface area contributed by atoms with Gasteiger partial charge in [-0.2, -0.15) is 0 Å². The minimum absolute atomic E-state index is 0.392. The average Bonchev–Trinajstić information content (AvgIpc) is 2.66. The smallest absolute Gasteiger partial charge is 0.104 e. The van der Waals surface area contributed by atoms with Crippen LogP contribution in [-0.4, -0.2) is 38.5 Å². The van der Waals surface area contributed by atoms with Gasteiger partial charge in [-0.1, -0.05) is 13.3 Å². The largest absolute Gasteiger partial charge is 0.376 e. The van der Waals surface area contributed by atoms with Crippen molar-refractivity contribution in [2.45, 2.75) is 51.2 Å². The molecule has 16 heavy (non-hydrogen) atoms. The van der Waals surface area contributed by atoms with Crippen molar-refractivity contribution in [3.63, 3.8) is 0 Å². The first-order valence-electron chi connectivity index (χ1n) is 6.83. The van der Waals surface area contributed by atoms with Gasteiger partial charge in [0.2, 0.25) is 0 Å². The molecular weight excluding hydrogens is 202 g/mol. The highest BCUT2D eigenvalue weighted by molar-refractivity contribution is 4.83. The summed E-state index contributed by atoms with van der Waals surface area (Å²) in [6.07, 6.45) is 6.97. The van der Waals surface area contributed by atoms with Gasteiger partial charge in [0.15, 0.2) is 0 Å². The maximum atomic E-state index is 5.74. The fourth-order valence-electron chi connectivity index (χ4n) is 2.68. The molecule has 0 aromatic carbocycles. The summed E-state index contributed by atoms with van der Waals surface area (Å²) in [6, 6.07) is 0.751. The van der Waals surface area contributed by atoms with Gasteiger partial charge in [-0.25, -0.2) is 0 Å². The molecule has 0 spiro atoms. The lowest BCUT2D eigenvalue weighted by Crippen LogP contribution is -2.37. The zero-order valence-electron chi connectivity index (χ0n) is 10.4. The molecule has 0 aromatic rings. The van der Waals surface area contributed by atoms with E-state index in [-0.39, 0.29) is 0 Å². The highest BCUT2D eigenvalue weighted by atomic mass is 16.6. The molecular formula is C13H25NO2. The molecule has 1 aliphatic carbocycles. The van der Waals surface area contributed by atoms with Gasteiger partial charge in [0.05, 0.1) is 13.2 Å². The van der Waals surface area contributed by atoms with Gasteiger partial charge in [0, 0.05) is 12.6 Å². The first-order valence-corrected chi connectivity index (χ1v) is 6.83. The van der Waals surface area contributed by atoms with Gasteiger partial charge in [0.25, 0.3) is 0 Å². The lowest BCUT2D eigenvalue weighted by molar-refractivity contribution is -0.131. The van der Waals surface area contributed by atoms with Gasteiger partial charge < -0.3 is 14.8 Å². The fourth-order valence-corrected chi connectivity index (χ4v) is 2.68. The molecule has 2 unspecified atom stereocenters. The zero-order valence-corrected chi connectivity index (χ0v) is 10.4. The minimum atomic E-state index is 0.392. The van der Waals surface area contributed by atoms with E-state index in [9.17, 15) is 0 Å². The van der Waals surface area contributed by atoms with E-state index in [0.717, 1.165) is 31.8 Å². The van der Waals surface area contributed by atoms with Crippen molar-refractivity contribution in [2.24, 2.45) is 5.92 Å². The Morgan fingerprint density at radius 2 is 2.19 bits per heavy atom. The maximum Gasteiger partial charge on any atom is 0.104 e. The number of hydrogen-bond acceptors (Lipinski definition) is 3. The van der Waals surface area contributed by atoms with Crippen LogP contribution >= 0.6 is 0 Å². The molecule has 2 fully saturated rings. The Balaban J connectivity index is 1.58. The molecule has 3 heteroatoms. The molecule has 1 saturated carbocycles. The summed E-state index contributed by atoms with van der Waals surface area (Å²) < 4.78 is 10.8. The molecule has 2 atom stereocenters. The molecule has 0 amide bonds. The Morgan fingerprint density at radius 1 is 1.31 bits per heavy atom. The predicted molar refractivity (Wildman–Crippen MR) is 64.6 cm³/mol. The summed E-state index contributed by atoms with van der Waals surface area (Å²) >= 11 is 0. The van der Waals surface area contributed by atoms with Crippen molar-refractivity contribution in [2.75, 3.05) is 26.4 Å². The van der Waals surface area contributed by atoms with Crippen molar-refractivity contribution in [1.29, 1.82) is 0 Å². The summed E-state index contributed by atoms with van der Waals surface area (Å²) in [5.74, 6) is 0.840. The second kappa shape index (κ2) is 6.58. The molecule has 1 heterocycles. The van der Waals surface area contributed by atoms with E-state index in [2.05, 4.69) is 12.2 Å². The van der Waals surface area contributed by atoms with E-state index in [0.29, 0.717) is 6.10 Å². The number of ether oxygens (including phenoxy) is 2. The summed E-state index contributed by atoms with van der Waals surface area (Å²) in [7, 11) is 0. The van der Waals surface area contributed by atoms with Gasteiger partial charge in [0.1, 0.15) is 6.10 Å². The normalized spacial score (nSPS) is 30.6. The van der Waals surface area contributed by atoms with Crippen LogP contribution in [-0.2, 0) is 9.47 Å². The van der Waals surface area contributed by atoms with Crippen molar-refractivity contribution < 1.29 is 9.47 Å². The lowest BCUT2D eigenvalue weighted by Gasteiger charge is -2.27. The first kappa shape index (κ1) is 12.3. The second-order valence-electron chi connectivity index (χ2n) is 5.07. The Kier molecular flexibility index (Phi) is 5.07. The Hall–Kier alpha value is -0.120. The highest BCUT2D eigenvalue weighted by Crippen LogP contribution is 2.28. The number of nitrogens with one attached hydrogen (secondary N) is 1. The molecule has 94 valence electrons. The average molecular weight is 227 g/mol. The topological polar surface area (TPSA) is 30.5 Å². The van der Waals surface area contributed by atoms with Gasteiger partial charge in [-0.3, -0.25) is 0 Å². The van der Waals surface area contributed by atoms with Gasteiger partial charge in [-0.05, 0) is 38.1 Å². The molecule has 3 nitrogen and oxygen atoms in total. The monoisotopic (exact) mass is 227 g/mol. The number of hydrogen-bond donors (Lipinski definition) is 1. The van der Waals surface area contributed by atoms with Crippen LogP contribution < -0.4 is 5.32 Å². The summed E-state index contributed by atoms with van der Waals surface area (Å²) in [5.41, 5.74) is 0. The van der Waals surface area contributed by atoms with Crippen LogP contribution in [0.5, 0.6) is 0 Å². The fraction of sp³-hybridized carbons (Fsp3) is 1.00. The van der Waals surface area contributed by atoms with Crippen molar-refractivity contribution in [3.8, 4) is 0 Å². The molecule has 2 aliphatic rings. The molecule has 2 rings (SSSR count). The molecule has 0 radical (unpaired) electrons. The van der Waals surface area contributed by atoms with E-state index in [1.54, 1.807) is 0 Å². The first-order chi connectivity index (χ1) is 7.90. The van der Waals surface area contributed by atoms with Crippen molar-refractivity contribution >= 4 is 0 Å². The third-order valence-electron chi connectivity index (χ3n) is 3.77. The Morgan fingerprint density at radius 3 is 2.88 bits per heavy atom. The van der Waals surface area contributed by atoms with Crippen LogP contribution in [0.15, 0.2) is 0 Å². The summed E-state index contributed by atoms with van der Waals surface area (Å²) in [5, 5.41) is 3.67. The third kappa shape index (κ3) is 3.44. The summed E-state index contributed by atoms with van der Waals surface area (Å²) in [4.78, 5) is 0. The van der Waals surface area contributed by atoms with Gasteiger partial charge >= 0.3 is 0 Å². The molecule has 0 bridgehead atoms. The van der Waals surface area contributed by atoms with Crippen LogP contribution in [0, 0.1) is 5.92 Å². The maximum absolute atomic E-state index is 5.74. The van der Waals surface area contributed by atoms with Crippen LogP contribution in [0.3, 0.4) is 0 Å². The lowest BCUT2D eigenvalue weighted by atomic mass is 10.00. The Labute approximate surface area is 98.9 Å². The highest BCUT2D eigenvalue weighted by Gasteiger charge is 2.27. The van der Waals surface area contributed by atoms with Crippen LogP contribution in [0.25, 0.3) is 0 Å². The Bertz CT molecular complexity index is 194. The molecule has 1 aliphatic heterocycles. The van der Waals surface area contributed by atoms with E-state index < -0.39 is 0 Å². The van der Waals surface area contributed by atoms with E-state index >= 15 is 0 Å². The predicted octanol–water partition coefficient (Wildman–Crippen LogP) is 1.96. The SMILES string of the molecule is CCCNC1CCCC1CCOC1COC1. The van der Waals surface area contributed by atoms with E-state index in [1.807, 2.05) is 0 Å². The molecule has 1 N–H and O–H groups in total. The quantitative estimate of drug-likeness (QED) is 0.721. The van der Waals surface area contributed by atoms with Crippen LogP contribution in [0.2, 0.25) is 0 Å². The minimum Gasteiger partial charge on any atom is -0.376 e.